The fraction of sp³-hybridized carbons (Fsp3) is 0.211. The first kappa shape index (κ1) is 14.6. The minimum absolute atomic E-state index is 0.195. The molecule has 1 amide bonds. The topological polar surface area (TPSA) is 59.6 Å². The van der Waals surface area contributed by atoms with Crippen molar-refractivity contribution in [1.82, 2.24) is 10.9 Å². The molecule has 2 aromatic carbocycles. The van der Waals surface area contributed by atoms with Gasteiger partial charge in [-0.1, -0.05) is 42.5 Å². The Balaban J connectivity index is 1.40. The molecule has 0 saturated heterocycles. The van der Waals surface area contributed by atoms with Gasteiger partial charge in [-0.3, -0.25) is 15.6 Å². The molecule has 5 nitrogen and oxygen atoms in total. The molecule has 0 bridgehead atoms. The number of carbonyl (C=O) groups excluding carboxylic acids is 1. The average molecular weight is 322 g/mol. The van der Waals surface area contributed by atoms with E-state index >= 15 is 0 Å². The van der Waals surface area contributed by atoms with Gasteiger partial charge in [0, 0.05) is 5.56 Å². The molecule has 0 fully saturated rings. The molecule has 1 aliphatic heterocycles. The van der Waals surface area contributed by atoms with E-state index in [1.54, 1.807) is 6.07 Å². The number of rotatable bonds is 3. The van der Waals surface area contributed by atoms with Crippen LogP contribution in [-0.2, 0) is 11.2 Å². The summed E-state index contributed by atoms with van der Waals surface area (Å²) in [6.07, 6.45) is 3.39. The van der Waals surface area contributed by atoms with Gasteiger partial charge in [0.2, 0.25) is 6.10 Å². The molecule has 1 heterocycles. The van der Waals surface area contributed by atoms with Crippen molar-refractivity contribution in [2.24, 2.45) is 0 Å². The first-order valence-electron chi connectivity index (χ1n) is 8.04. The number of benzene rings is 2. The van der Waals surface area contributed by atoms with Gasteiger partial charge in [-0.05, 0) is 30.5 Å². The molecule has 2 aliphatic rings. The summed E-state index contributed by atoms with van der Waals surface area (Å²) in [6, 6.07) is 15.5. The Morgan fingerprint density at radius 1 is 1.04 bits per heavy atom. The Bertz CT molecular complexity index is 801. The summed E-state index contributed by atoms with van der Waals surface area (Å²) in [5, 5.41) is 0. The van der Waals surface area contributed by atoms with Crippen LogP contribution in [0.2, 0.25) is 0 Å². The number of para-hydroxylation sites is 2. The van der Waals surface area contributed by atoms with Crippen LogP contribution in [0.15, 0.2) is 54.6 Å². The van der Waals surface area contributed by atoms with Crippen molar-refractivity contribution in [1.29, 1.82) is 0 Å². The normalized spacial score (nSPS) is 18.2. The number of nitrogens with one attached hydrogen (secondary N) is 2. The Kier molecular flexibility index (Phi) is 3.83. The molecule has 0 aromatic heterocycles. The Morgan fingerprint density at radius 3 is 2.75 bits per heavy atom. The highest BCUT2D eigenvalue weighted by Crippen LogP contribution is 2.31. The maximum absolute atomic E-state index is 12.4. The van der Waals surface area contributed by atoms with E-state index in [9.17, 15) is 4.79 Å². The van der Waals surface area contributed by atoms with Crippen LogP contribution in [0.5, 0.6) is 11.5 Å². The van der Waals surface area contributed by atoms with Crippen LogP contribution in [0.4, 0.5) is 0 Å². The highest BCUT2D eigenvalue weighted by atomic mass is 16.6. The SMILES string of the molecule is O=C(NNC1=CCCc2ccccc21)[C@@H]1COc2ccccc2O1. The van der Waals surface area contributed by atoms with Gasteiger partial charge in [-0.25, -0.2) is 0 Å². The van der Waals surface area contributed by atoms with E-state index in [0.29, 0.717) is 11.5 Å². The first-order chi connectivity index (χ1) is 11.8. The second-order valence-electron chi connectivity index (χ2n) is 5.79. The predicted octanol–water partition coefficient (Wildman–Crippen LogP) is 2.43. The highest BCUT2D eigenvalue weighted by molar-refractivity contribution is 5.83. The van der Waals surface area contributed by atoms with E-state index in [1.165, 1.54) is 5.56 Å². The van der Waals surface area contributed by atoms with E-state index in [0.717, 1.165) is 24.1 Å². The molecule has 2 aromatic rings. The zero-order valence-electron chi connectivity index (χ0n) is 13.1. The number of allylic oxidation sites excluding steroid dienone is 1. The van der Waals surface area contributed by atoms with E-state index in [4.69, 9.17) is 9.47 Å². The maximum Gasteiger partial charge on any atom is 0.282 e. The van der Waals surface area contributed by atoms with Crippen molar-refractivity contribution < 1.29 is 14.3 Å². The number of hydrogen-bond donors (Lipinski definition) is 2. The monoisotopic (exact) mass is 322 g/mol. The van der Waals surface area contributed by atoms with Gasteiger partial charge in [-0.2, -0.15) is 0 Å². The number of amides is 1. The number of aryl methyl sites for hydroxylation is 1. The second-order valence-corrected chi connectivity index (χ2v) is 5.79. The fourth-order valence-electron chi connectivity index (χ4n) is 2.96. The van der Waals surface area contributed by atoms with Crippen LogP contribution in [0.3, 0.4) is 0 Å². The highest BCUT2D eigenvalue weighted by Gasteiger charge is 2.27. The van der Waals surface area contributed by atoms with Crippen LogP contribution in [0, 0.1) is 0 Å². The number of carbonyl (C=O) groups is 1. The molecule has 0 radical (unpaired) electrons. The Labute approximate surface area is 140 Å². The summed E-state index contributed by atoms with van der Waals surface area (Å²) in [7, 11) is 0. The van der Waals surface area contributed by atoms with Crippen LogP contribution in [0.25, 0.3) is 5.70 Å². The summed E-state index contributed by atoms with van der Waals surface area (Å²) in [6.45, 7) is 0.195. The van der Waals surface area contributed by atoms with Crippen LogP contribution in [-0.4, -0.2) is 18.6 Å². The van der Waals surface area contributed by atoms with Crippen molar-refractivity contribution in [2.75, 3.05) is 6.61 Å². The second kappa shape index (κ2) is 6.28. The molecule has 24 heavy (non-hydrogen) atoms. The summed E-state index contributed by atoms with van der Waals surface area (Å²) < 4.78 is 11.3. The Hall–Kier alpha value is -2.95. The smallest absolute Gasteiger partial charge is 0.282 e. The fourth-order valence-corrected chi connectivity index (χ4v) is 2.96. The average Bonchev–Trinajstić information content (AvgIpc) is 2.65. The van der Waals surface area contributed by atoms with Gasteiger partial charge in [-0.15, -0.1) is 0 Å². The largest absolute Gasteiger partial charge is 0.485 e. The molecule has 0 spiro atoms. The molecule has 5 heteroatoms. The van der Waals surface area contributed by atoms with E-state index in [2.05, 4.69) is 29.1 Å². The number of hydrazine groups is 1. The molecule has 122 valence electrons. The van der Waals surface area contributed by atoms with Crippen LogP contribution in [0.1, 0.15) is 17.5 Å². The maximum atomic E-state index is 12.4. The van der Waals surface area contributed by atoms with Crippen molar-refractivity contribution in [3.63, 3.8) is 0 Å². The zero-order valence-corrected chi connectivity index (χ0v) is 13.1. The summed E-state index contributed by atoms with van der Waals surface area (Å²) in [5.74, 6) is 0.998. The minimum Gasteiger partial charge on any atom is -0.485 e. The molecule has 2 N–H and O–H groups in total. The summed E-state index contributed by atoms with van der Waals surface area (Å²) in [4.78, 5) is 12.4. The molecule has 4 rings (SSSR count). The molecular formula is C19H18N2O3. The van der Waals surface area contributed by atoms with Gasteiger partial charge < -0.3 is 9.47 Å². The van der Waals surface area contributed by atoms with E-state index in [1.807, 2.05) is 30.3 Å². The lowest BCUT2D eigenvalue weighted by molar-refractivity contribution is -0.131. The first-order valence-corrected chi connectivity index (χ1v) is 8.04. The quantitative estimate of drug-likeness (QED) is 0.852. The third-order valence-corrected chi connectivity index (χ3v) is 4.19. The molecule has 0 unspecified atom stereocenters. The lowest BCUT2D eigenvalue weighted by Gasteiger charge is -2.26. The predicted molar refractivity (Wildman–Crippen MR) is 90.4 cm³/mol. The Morgan fingerprint density at radius 2 is 1.83 bits per heavy atom. The molecule has 1 aliphatic carbocycles. The number of fused-ring (bicyclic) bond motifs is 2. The van der Waals surface area contributed by atoms with Gasteiger partial charge in [0.1, 0.15) is 6.61 Å². The number of hydrogen-bond acceptors (Lipinski definition) is 4. The lowest BCUT2D eigenvalue weighted by atomic mass is 9.95. The van der Waals surface area contributed by atoms with Crippen molar-refractivity contribution in [3.8, 4) is 11.5 Å². The van der Waals surface area contributed by atoms with E-state index in [-0.39, 0.29) is 12.5 Å². The molecule has 1 atom stereocenters. The molecule has 0 saturated carbocycles. The van der Waals surface area contributed by atoms with Gasteiger partial charge in [0.05, 0.1) is 5.70 Å². The van der Waals surface area contributed by atoms with Crippen molar-refractivity contribution >= 4 is 11.6 Å². The third-order valence-electron chi connectivity index (χ3n) is 4.19. The van der Waals surface area contributed by atoms with Crippen molar-refractivity contribution in [2.45, 2.75) is 18.9 Å². The van der Waals surface area contributed by atoms with Gasteiger partial charge in [0.25, 0.3) is 5.91 Å². The van der Waals surface area contributed by atoms with Crippen LogP contribution < -0.4 is 20.3 Å². The van der Waals surface area contributed by atoms with E-state index < -0.39 is 6.10 Å². The van der Waals surface area contributed by atoms with Gasteiger partial charge in [0.15, 0.2) is 11.5 Å². The van der Waals surface area contributed by atoms with Crippen LogP contribution >= 0.6 is 0 Å². The lowest BCUT2D eigenvalue weighted by Crippen LogP contribution is -2.48. The minimum atomic E-state index is -0.674. The third kappa shape index (κ3) is 2.80. The standard InChI is InChI=1S/C19H18N2O3/c22-19(18-12-23-16-10-3-4-11-17(16)24-18)21-20-15-9-5-7-13-6-1-2-8-14(13)15/h1-4,6,8-11,18,20H,5,7,12H2,(H,21,22)/t18-/m0/s1. The summed E-state index contributed by atoms with van der Waals surface area (Å²) >= 11 is 0. The summed E-state index contributed by atoms with van der Waals surface area (Å²) in [5.41, 5.74) is 9.08. The zero-order chi connectivity index (χ0) is 16.4. The van der Waals surface area contributed by atoms with Crippen molar-refractivity contribution in [3.05, 3.63) is 65.7 Å². The molecular weight excluding hydrogens is 304 g/mol. The number of ether oxygens (including phenoxy) is 2. The van der Waals surface area contributed by atoms with Gasteiger partial charge >= 0.3 is 0 Å².